The van der Waals surface area contributed by atoms with Crippen LogP contribution in [0.15, 0.2) is 46.4 Å². The fraction of sp³-hybridized carbons (Fsp3) is 0.0556. The molecule has 2 aromatic carbocycles. The van der Waals surface area contributed by atoms with Gasteiger partial charge in [0.05, 0.1) is 16.3 Å². The monoisotopic (exact) mass is 488 g/mol. The Kier molecular flexibility index (Phi) is 5.42. The van der Waals surface area contributed by atoms with Gasteiger partial charge in [-0.3, -0.25) is 14.9 Å². The Labute approximate surface area is 174 Å². The third-order valence-electron chi connectivity index (χ3n) is 3.91. The number of halogens is 5. The van der Waals surface area contributed by atoms with E-state index in [0.29, 0.717) is 21.5 Å². The number of aromatic hydroxyl groups is 1. The molecule has 1 aliphatic rings. The molecule has 0 aliphatic carbocycles. The number of urea groups is 1. The van der Waals surface area contributed by atoms with E-state index in [4.69, 9.17) is 11.6 Å². The molecule has 0 radical (unpaired) electrons. The first-order chi connectivity index (χ1) is 13.5. The Morgan fingerprint density at radius 3 is 2.45 bits per heavy atom. The summed E-state index contributed by atoms with van der Waals surface area (Å²) in [7, 11) is 0. The van der Waals surface area contributed by atoms with E-state index in [1.54, 1.807) is 0 Å². The fourth-order valence-electron chi connectivity index (χ4n) is 2.53. The second-order valence-electron chi connectivity index (χ2n) is 5.82. The molecule has 0 unspecified atom stereocenters. The first kappa shape index (κ1) is 20.9. The van der Waals surface area contributed by atoms with Gasteiger partial charge in [0.2, 0.25) is 0 Å². The Morgan fingerprint density at radius 1 is 1.10 bits per heavy atom. The van der Waals surface area contributed by atoms with Gasteiger partial charge in [-0.2, -0.15) is 13.2 Å². The molecule has 0 atom stereocenters. The van der Waals surface area contributed by atoms with Crippen LogP contribution in [-0.2, 0) is 15.8 Å². The number of amides is 4. The quantitative estimate of drug-likeness (QED) is 0.481. The highest BCUT2D eigenvalue weighted by atomic mass is 79.9. The van der Waals surface area contributed by atoms with E-state index in [9.17, 15) is 32.7 Å². The third kappa shape index (κ3) is 4.13. The third-order valence-corrected chi connectivity index (χ3v) is 4.72. The minimum atomic E-state index is -4.74. The van der Waals surface area contributed by atoms with Crippen LogP contribution in [0.5, 0.6) is 5.75 Å². The standard InChI is InChI=1S/C18H9BrClF3N2O4/c19-10-2-4-14(26)8(5-10)6-11-15(27)24-17(29)25(16(11)28)13-7-9(18(21,22)23)1-3-12(13)20/h1-7,26H,(H,24,27,29)/b11-6-. The van der Waals surface area contributed by atoms with E-state index in [0.717, 1.165) is 12.1 Å². The maximum Gasteiger partial charge on any atom is 0.416 e. The molecule has 3 rings (SSSR count). The van der Waals surface area contributed by atoms with Crippen LogP contribution in [0.4, 0.5) is 23.7 Å². The van der Waals surface area contributed by atoms with Gasteiger partial charge in [0.15, 0.2) is 0 Å². The lowest BCUT2D eigenvalue weighted by Gasteiger charge is -2.27. The number of alkyl halides is 3. The zero-order chi connectivity index (χ0) is 21.5. The number of phenols is 1. The maximum atomic E-state index is 13.0. The summed E-state index contributed by atoms with van der Waals surface area (Å²) in [5.74, 6) is -2.53. The minimum absolute atomic E-state index is 0.0716. The summed E-state index contributed by atoms with van der Waals surface area (Å²) in [5.41, 5.74) is -2.18. The van der Waals surface area contributed by atoms with Gasteiger partial charge in [0.1, 0.15) is 11.3 Å². The van der Waals surface area contributed by atoms with Crippen molar-refractivity contribution in [2.75, 3.05) is 4.90 Å². The predicted molar refractivity (Wildman–Crippen MR) is 101 cm³/mol. The Morgan fingerprint density at radius 2 is 1.79 bits per heavy atom. The second-order valence-corrected chi connectivity index (χ2v) is 7.15. The van der Waals surface area contributed by atoms with Crippen molar-refractivity contribution in [1.82, 2.24) is 5.32 Å². The molecule has 150 valence electrons. The molecule has 29 heavy (non-hydrogen) atoms. The van der Waals surface area contributed by atoms with Crippen LogP contribution in [-0.4, -0.2) is 23.0 Å². The Balaban J connectivity index is 2.11. The van der Waals surface area contributed by atoms with Crippen molar-refractivity contribution in [2.45, 2.75) is 6.18 Å². The van der Waals surface area contributed by atoms with Gasteiger partial charge in [-0.25, -0.2) is 9.69 Å². The summed E-state index contributed by atoms with van der Waals surface area (Å²) >= 11 is 9.08. The van der Waals surface area contributed by atoms with Gasteiger partial charge < -0.3 is 5.11 Å². The van der Waals surface area contributed by atoms with Crippen molar-refractivity contribution in [3.63, 3.8) is 0 Å². The largest absolute Gasteiger partial charge is 0.507 e. The first-order valence-corrected chi connectivity index (χ1v) is 8.93. The summed E-state index contributed by atoms with van der Waals surface area (Å²) in [5, 5.41) is 11.5. The molecular weight excluding hydrogens is 481 g/mol. The number of nitrogens with one attached hydrogen (secondary N) is 1. The summed E-state index contributed by atoms with van der Waals surface area (Å²) in [4.78, 5) is 37.5. The second kappa shape index (κ2) is 7.53. The molecule has 1 aliphatic heterocycles. The highest BCUT2D eigenvalue weighted by Crippen LogP contribution is 2.37. The van der Waals surface area contributed by atoms with Gasteiger partial charge in [-0.15, -0.1) is 0 Å². The lowest BCUT2D eigenvalue weighted by molar-refractivity contribution is -0.137. The van der Waals surface area contributed by atoms with Gasteiger partial charge >= 0.3 is 12.2 Å². The van der Waals surface area contributed by atoms with Crippen LogP contribution in [0.25, 0.3) is 6.08 Å². The van der Waals surface area contributed by atoms with Crippen LogP contribution < -0.4 is 10.2 Å². The molecule has 0 saturated carbocycles. The topological polar surface area (TPSA) is 86.7 Å². The molecule has 1 saturated heterocycles. The average Bonchev–Trinajstić information content (AvgIpc) is 2.61. The number of benzene rings is 2. The van der Waals surface area contributed by atoms with E-state index >= 15 is 0 Å². The summed E-state index contributed by atoms with van der Waals surface area (Å²) in [6.07, 6.45) is -3.73. The number of hydrogen-bond donors (Lipinski definition) is 2. The molecule has 0 bridgehead atoms. The fourth-order valence-corrected chi connectivity index (χ4v) is 3.11. The van der Waals surface area contributed by atoms with Crippen LogP contribution in [0.1, 0.15) is 11.1 Å². The van der Waals surface area contributed by atoms with Crippen molar-refractivity contribution in [3.05, 3.63) is 62.6 Å². The molecule has 2 N–H and O–H groups in total. The van der Waals surface area contributed by atoms with Crippen LogP contribution in [0, 0.1) is 0 Å². The number of rotatable bonds is 2. The van der Waals surface area contributed by atoms with Crippen molar-refractivity contribution in [3.8, 4) is 5.75 Å². The lowest BCUT2D eigenvalue weighted by atomic mass is 10.1. The smallest absolute Gasteiger partial charge is 0.416 e. The molecule has 6 nitrogen and oxygen atoms in total. The molecule has 0 aromatic heterocycles. The SMILES string of the molecule is O=C1NC(=O)N(c2cc(C(F)(F)F)ccc2Cl)C(=O)/C1=C\c1cc(Br)ccc1O. The summed E-state index contributed by atoms with van der Waals surface area (Å²) < 4.78 is 39.6. The maximum absolute atomic E-state index is 13.0. The van der Waals surface area contributed by atoms with Gasteiger partial charge in [0, 0.05) is 10.0 Å². The molecule has 1 heterocycles. The first-order valence-electron chi connectivity index (χ1n) is 7.76. The van der Waals surface area contributed by atoms with E-state index < -0.39 is 40.8 Å². The van der Waals surface area contributed by atoms with Gasteiger partial charge in [-0.05, 0) is 42.5 Å². The molecule has 4 amide bonds. The van der Waals surface area contributed by atoms with Crippen molar-refractivity contribution < 1.29 is 32.7 Å². The number of carbonyl (C=O) groups is 3. The Hall–Kier alpha value is -2.85. The predicted octanol–water partition coefficient (Wildman–Crippen LogP) is 4.49. The molecule has 2 aromatic rings. The Bertz CT molecular complexity index is 1090. The van der Waals surface area contributed by atoms with Crippen LogP contribution in [0.2, 0.25) is 5.02 Å². The van der Waals surface area contributed by atoms with E-state index in [2.05, 4.69) is 15.9 Å². The van der Waals surface area contributed by atoms with E-state index in [-0.39, 0.29) is 16.3 Å². The number of phenolic OH excluding ortho intramolecular Hbond substituents is 1. The van der Waals surface area contributed by atoms with Crippen molar-refractivity contribution >= 4 is 57.1 Å². The number of carbonyl (C=O) groups excluding carboxylic acids is 3. The number of imide groups is 2. The number of nitrogens with zero attached hydrogens (tertiary/aromatic N) is 1. The van der Waals surface area contributed by atoms with Crippen LogP contribution >= 0.6 is 27.5 Å². The highest BCUT2D eigenvalue weighted by Gasteiger charge is 2.39. The highest BCUT2D eigenvalue weighted by molar-refractivity contribution is 9.10. The summed E-state index contributed by atoms with van der Waals surface area (Å²) in [6, 6.07) is 5.08. The lowest BCUT2D eigenvalue weighted by Crippen LogP contribution is -2.54. The summed E-state index contributed by atoms with van der Waals surface area (Å²) in [6.45, 7) is 0. The zero-order valence-corrected chi connectivity index (χ0v) is 16.4. The molecule has 11 heteroatoms. The van der Waals surface area contributed by atoms with E-state index in [1.165, 1.54) is 18.2 Å². The van der Waals surface area contributed by atoms with Crippen molar-refractivity contribution in [1.29, 1.82) is 0 Å². The minimum Gasteiger partial charge on any atom is -0.507 e. The number of hydrogen-bond acceptors (Lipinski definition) is 4. The molecular formula is C18H9BrClF3N2O4. The van der Waals surface area contributed by atoms with Gasteiger partial charge in [-0.1, -0.05) is 27.5 Å². The number of barbiturate groups is 1. The van der Waals surface area contributed by atoms with Crippen LogP contribution in [0.3, 0.4) is 0 Å². The average molecular weight is 490 g/mol. The zero-order valence-electron chi connectivity index (χ0n) is 14.1. The van der Waals surface area contributed by atoms with Gasteiger partial charge in [0.25, 0.3) is 11.8 Å². The molecule has 0 spiro atoms. The van der Waals surface area contributed by atoms with E-state index in [1.807, 2.05) is 5.32 Å². The molecule has 1 fully saturated rings. The van der Waals surface area contributed by atoms with Crippen molar-refractivity contribution in [2.24, 2.45) is 0 Å². The normalized spacial score (nSPS) is 16.4. The number of anilines is 1.